The number of aromatic nitrogens is 2. The minimum atomic E-state index is 0.976. The molecule has 1 fully saturated rings. The molecule has 0 aromatic carbocycles. The summed E-state index contributed by atoms with van der Waals surface area (Å²) in [6.45, 7) is 5.35. The summed E-state index contributed by atoms with van der Waals surface area (Å²) in [6.07, 6.45) is 6.75. The molecule has 13 heavy (non-hydrogen) atoms. The first kappa shape index (κ1) is 8.75. The van der Waals surface area contributed by atoms with Crippen LogP contribution in [0.15, 0.2) is 12.4 Å². The summed E-state index contributed by atoms with van der Waals surface area (Å²) in [6, 6.07) is 0. The highest BCUT2D eigenvalue weighted by atomic mass is 15.1. The minimum Gasteiger partial charge on any atom is -0.334 e. The van der Waals surface area contributed by atoms with Crippen LogP contribution in [-0.2, 0) is 6.54 Å². The van der Waals surface area contributed by atoms with Crippen LogP contribution in [0, 0.1) is 12.8 Å². The van der Waals surface area contributed by atoms with Gasteiger partial charge in [-0.3, -0.25) is 0 Å². The first-order valence-corrected chi connectivity index (χ1v) is 5.05. The van der Waals surface area contributed by atoms with Crippen LogP contribution in [0.5, 0.6) is 0 Å². The number of hydrogen-bond donors (Lipinski definition) is 1. The summed E-state index contributed by atoms with van der Waals surface area (Å²) in [4.78, 5) is 4.18. The zero-order chi connectivity index (χ0) is 9.10. The molecule has 0 aliphatic heterocycles. The van der Waals surface area contributed by atoms with Crippen molar-refractivity contribution in [2.45, 2.75) is 26.3 Å². The molecule has 3 nitrogen and oxygen atoms in total. The molecule has 1 saturated carbocycles. The van der Waals surface area contributed by atoms with E-state index in [9.17, 15) is 0 Å². The SMILES string of the molecule is Cc1nccn1CCNCC1CC1. The lowest BCUT2D eigenvalue weighted by Gasteiger charge is -2.05. The van der Waals surface area contributed by atoms with Gasteiger partial charge in [-0.05, 0) is 32.2 Å². The molecule has 1 N–H and O–H groups in total. The lowest BCUT2D eigenvalue weighted by atomic mass is 10.4. The molecule has 0 spiro atoms. The summed E-state index contributed by atoms with van der Waals surface area (Å²) in [7, 11) is 0. The van der Waals surface area contributed by atoms with E-state index in [1.807, 2.05) is 19.3 Å². The predicted molar refractivity (Wildman–Crippen MR) is 52.6 cm³/mol. The zero-order valence-corrected chi connectivity index (χ0v) is 8.16. The average Bonchev–Trinajstić information content (AvgIpc) is 2.86. The lowest BCUT2D eigenvalue weighted by molar-refractivity contribution is 0.568. The van der Waals surface area contributed by atoms with Gasteiger partial charge in [0.1, 0.15) is 5.82 Å². The minimum absolute atomic E-state index is 0.976. The van der Waals surface area contributed by atoms with E-state index in [2.05, 4.69) is 14.9 Å². The van der Waals surface area contributed by atoms with Crippen LogP contribution < -0.4 is 5.32 Å². The van der Waals surface area contributed by atoms with Crippen molar-refractivity contribution < 1.29 is 0 Å². The molecule has 1 aromatic rings. The quantitative estimate of drug-likeness (QED) is 0.688. The highest BCUT2D eigenvalue weighted by Crippen LogP contribution is 2.27. The van der Waals surface area contributed by atoms with Crippen LogP contribution in [0.2, 0.25) is 0 Å². The standard InChI is InChI=1S/C10H17N3/c1-9-12-5-7-13(9)6-4-11-8-10-2-3-10/h5,7,10-11H,2-4,6,8H2,1H3. The van der Waals surface area contributed by atoms with Crippen LogP contribution in [0.1, 0.15) is 18.7 Å². The Balaban J connectivity index is 1.64. The van der Waals surface area contributed by atoms with E-state index < -0.39 is 0 Å². The van der Waals surface area contributed by atoms with Gasteiger partial charge in [-0.25, -0.2) is 4.98 Å². The topological polar surface area (TPSA) is 29.9 Å². The second-order valence-electron chi connectivity index (χ2n) is 3.82. The van der Waals surface area contributed by atoms with Gasteiger partial charge < -0.3 is 9.88 Å². The van der Waals surface area contributed by atoms with Gasteiger partial charge in [-0.1, -0.05) is 0 Å². The highest BCUT2D eigenvalue weighted by molar-refractivity contribution is 4.88. The third-order valence-corrected chi connectivity index (χ3v) is 2.58. The fourth-order valence-corrected chi connectivity index (χ4v) is 1.47. The van der Waals surface area contributed by atoms with Gasteiger partial charge >= 0.3 is 0 Å². The molecular weight excluding hydrogens is 162 g/mol. The van der Waals surface area contributed by atoms with Gasteiger partial charge in [-0.2, -0.15) is 0 Å². The number of imidazole rings is 1. The molecule has 0 amide bonds. The van der Waals surface area contributed by atoms with E-state index in [4.69, 9.17) is 0 Å². The molecule has 1 aliphatic carbocycles. The van der Waals surface area contributed by atoms with Crippen LogP contribution in [-0.4, -0.2) is 22.6 Å². The molecule has 1 aromatic heterocycles. The number of aryl methyl sites for hydroxylation is 1. The largest absolute Gasteiger partial charge is 0.334 e. The van der Waals surface area contributed by atoms with Crippen LogP contribution in [0.4, 0.5) is 0 Å². The van der Waals surface area contributed by atoms with Gasteiger partial charge in [0.25, 0.3) is 0 Å². The van der Waals surface area contributed by atoms with Crippen LogP contribution in [0.25, 0.3) is 0 Å². The van der Waals surface area contributed by atoms with Gasteiger partial charge in [0.2, 0.25) is 0 Å². The van der Waals surface area contributed by atoms with Gasteiger partial charge in [0, 0.05) is 25.5 Å². The monoisotopic (exact) mass is 179 g/mol. The Hall–Kier alpha value is -0.830. The van der Waals surface area contributed by atoms with E-state index in [1.54, 1.807) is 0 Å². The highest BCUT2D eigenvalue weighted by Gasteiger charge is 2.19. The molecule has 72 valence electrons. The Morgan fingerprint density at radius 2 is 2.46 bits per heavy atom. The van der Waals surface area contributed by atoms with Crippen LogP contribution in [0.3, 0.4) is 0 Å². The van der Waals surface area contributed by atoms with Gasteiger partial charge in [0.05, 0.1) is 0 Å². The van der Waals surface area contributed by atoms with E-state index in [0.717, 1.165) is 24.8 Å². The Kier molecular flexibility index (Phi) is 2.64. The van der Waals surface area contributed by atoms with Crippen molar-refractivity contribution in [1.82, 2.24) is 14.9 Å². The zero-order valence-electron chi connectivity index (χ0n) is 8.16. The van der Waals surface area contributed by atoms with Crippen molar-refractivity contribution in [3.05, 3.63) is 18.2 Å². The predicted octanol–water partition coefficient (Wildman–Crippen LogP) is 1.19. The van der Waals surface area contributed by atoms with Crippen molar-refractivity contribution >= 4 is 0 Å². The maximum Gasteiger partial charge on any atom is 0.105 e. The third-order valence-electron chi connectivity index (χ3n) is 2.58. The second-order valence-corrected chi connectivity index (χ2v) is 3.82. The van der Waals surface area contributed by atoms with E-state index >= 15 is 0 Å². The number of hydrogen-bond acceptors (Lipinski definition) is 2. The lowest BCUT2D eigenvalue weighted by Crippen LogP contribution is -2.22. The van der Waals surface area contributed by atoms with Crippen molar-refractivity contribution in [3.8, 4) is 0 Å². The molecule has 0 atom stereocenters. The maximum absolute atomic E-state index is 4.18. The number of nitrogens with one attached hydrogen (secondary N) is 1. The molecule has 1 aliphatic rings. The van der Waals surface area contributed by atoms with Crippen molar-refractivity contribution in [2.75, 3.05) is 13.1 Å². The molecule has 0 bridgehead atoms. The smallest absolute Gasteiger partial charge is 0.105 e. The fourth-order valence-electron chi connectivity index (χ4n) is 1.47. The molecule has 0 unspecified atom stereocenters. The molecular formula is C10H17N3. The third kappa shape index (κ3) is 2.56. The average molecular weight is 179 g/mol. The van der Waals surface area contributed by atoms with Gasteiger partial charge in [0.15, 0.2) is 0 Å². The summed E-state index contributed by atoms with van der Waals surface area (Å²) in [5.74, 6) is 2.08. The summed E-state index contributed by atoms with van der Waals surface area (Å²) >= 11 is 0. The Morgan fingerprint density at radius 1 is 1.62 bits per heavy atom. The first-order chi connectivity index (χ1) is 6.36. The summed E-state index contributed by atoms with van der Waals surface area (Å²) in [5.41, 5.74) is 0. The Bertz CT molecular complexity index is 263. The van der Waals surface area contributed by atoms with Crippen molar-refractivity contribution in [3.63, 3.8) is 0 Å². The van der Waals surface area contributed by atoms with Crippen molar-refractivity contribution in [1.29, 1.82) is 0 Å². The Morgan fingerprint density at radius 3 is 3.08 bits per heavy atom. The molecule has 3 heteroatoms. The molecule has 2 rings (SSSR count). The van der Waals surface area contributed by atoms with Gasteiger partial charge in [-0.15, -0.1) is 0 Å². The van der Waals surface area contributed by atoms with E-state index in [0.29, 0.717) is 0 Å². The molecule has 1 heterocycles. The summed E-state index contributed by atoms with van der Waals surface area (Å²) in [5, 5.41) is 3.46. The first-order valence-electron chi connectivity index (χ1n) is 5.05. The molecule has 0 radical (unpaired) electrons. The van der Waals surface area contributed by atoms with Crippen LogP contribution >= 0.6 is 0 Å². The van der Waals surface area contributed by atoms with Crippen molar-refractivity contribution in [2.24, 2.45) is 5.92 Å². The van der Waals surface area contributed by atoms with E-state index in [-0.39, 0.29) is 0 Å². The normalized spacial score (nSPS) is 16.4. The Labute approximate surface area is 79.2 Å². The second kappa shape index (κ2) is 3.92. The number of rotatable bonds is 5. The molecule has 0 saturated heterocycles. The van der Waals surface area contributed by atoms with E-state index in [1.165, 1.54) is 19.4 Å². The fraction of sp³-hybridized carbons (Fsp3) is 0.700. The summed E-state index contributed by atoms with van der Waals surface area (Å²) < 4.78 is 2.18. The maximum atomic E-state index is 4.18. The number of nitrogens with zero attached hydrogens (tertiary/aromatic N) is 2.